The number of aliphatic imine (C=N–C) groups is 1. The van der Waals surface area contributed by atoms with Gasteiger partial charge in [-0.25, -0.2) is 9.98 Å². The Morgan fingerprint density at radius 1 is 1.82 bits per heavy atom. The van der Waals surface area contributed by atoms with E-state index in [1.54, 1.807) is 6.20 Å². The molecule has 0 N–H and O–H groups in total. The summed E-state index contributed by atoms with van der Waals surface area (Å²) in [6, 6.07) is -0.124. The van der Waals surface area contributed by atoms with E-state index in [2.05, 4.69) is 27.4 Å². The van der Waals surface area contributed by atoms with Gasteiger partial charge in [-0.3, -0.25) is 0 Å². The molecule has 0 saturated heterocycles. The summed E-state index contributed by atoms with van der Waals surface area (Å²) in [5.74, 6) is 1.37. The molecule has 0 spiro atoms. The second-order valence-corrected chi connectivity index (χ2v) is 2.39. The van der Waals surface area contributed by atoms with Gasteiger partial charge < -0.3 is 4.42 Å². The molecule has 0 aliphatic heterocycles. The molecule has 0 amide bonds. The van der Waals surface area contributed by atoms with Crippen molar-refractivity contribution in [3.05, 3.63) is 17.8 Å². The normalized spacial score (nSPS) is 12.2. The number of rotatable bonds is 2. The Morgan fingerprint density at radius 3 is 3.00 bits per heavy atom. The van der Waals surface area contributed by atoms with Crippen molar-refractivity contribution in [3.63, 3.8) is 0 Å². The molecular formula is C7H8N2OS. The number of thiocarbonyl (C=S) groups is 1. The maximum atomic E-state index is 5.21. The lowest BCUT2D eigenvalue weighted by Gasteiger charge is -1.95. The van der Waals surface area contributed by atoms with E-state index in [1.165, 1.54) is 0 Å². The van der Waals surface area contributed by atoms with Gasteiger partial charge in [0.1, 0.15) is 11.8 Å². The molecule has 1 aromatic rings. The van der Waals surface area contributed by atoms with Crippen molar-refractivity contribution in [2.24, 2.45) is 4.99 Å². The Labute approximate surface area is 70.2 Å². The summed E-state index contributed by atoms with van der Waals surface area (Å²) < 4.78 is 5.21. The predicted molar refractivity (Wildman–Crippen MR) is 44.7 cm³/mol. The van der Waals surface area contributed by atoms with E-state index >= 15 is 0 Å². The molecule has 11 heavy (non-hydrogen) atoms. The Kier molecular flexibility index (Phi) is 2.52. The van der Waals surface area contributed by atoms with E-state index in [0.29, 0.717) is 5.89 Å². The monoisotopic (exact) mass is 168 g/mol. The minimum absolute atomic E-state index is 0.124. The number of hydrogen-bond acceptors (Lipinski definition) is 4. The van der Waals surface area contributed by atoms with Gasteiger partial charge in [0.15, 0.2) is 0 Å². The van der Waals surface area contributed by atoms with Crippen LogP contribution in [0.4, 0.5) is 0 Å². The topological polar surface area (TPSA) is 38.4 Å². The van der Waals surface area contributed by atoms with Gasteiger partial charge >= 0.3 is 0 Å². The number of aromatic nitrogens is 1. The second kappa shape index (κ2) is 3.42. The highest BCUT2D eigenvalue weighted by Gasteiger charge is 2.07. The number of oxazole rings is 1. The van der Waals surface area contributed by atoms with E-state index < -0.39 is 0 Å². The maximum absolute atomic E-state index is 5.21. The molecule has 0 aliphatic rings. The molecule has 0 aromatic carbocycles. The third-order valence-electron chi connectivity index (χ3n) is 1.24. The molecule has 0 fully saturated rings. The van der Waals surface area contributed by atoms with Gasteiger partial charge in [-0.15, -0.1) is 0 Å². The molecule has 0 aliphatic carbocycles. The molecule has 58 valence electrons. The molecule has 1 atom stereocenters. The van der Waals surface area contributed by atoms with E-state index in [0.717, 1.165) is 5.76 Å². The molecule has 4 heteroatoms. The third kappa shape index (κ3) is 1.97. The smallest absolute Gasteiger partial charge is 0.219 e. The average Bonchev–Trinajstić information content (AvgIpc) is 2.36. The van der Waals surface area contributed by atoms with Crippen LogP contribution in [-0.2, 0) is 0 Å². The van der Waals surface area contributed by atoms with Crippen LogP contribution in [0.5, 0.6) is 0 Å². The molecular weight excluding hydrogens is 160 g/mol. The zero-order chi connectivity index (χ0) is 8.27. The van der Waals surface area contributed by atoms with Gasteiger partial charge in [-0.2, -0.15) is 0 Å². The van der Waals surface area contributed by atoms with Gasteiger partial charge in [0.05, 0.1) is 11.4 Å². The SMILES string of the molecule is Cc1cnc(C(C)N=C=S)o1. The average molecular weight is 168 g/mol. The van der Waals surface area contributed by atoms with Crippen LogP contribution < -0.4 is 0 Å². The van der Waals surface area contributed by atoms with Gasteiger partial charge in [0.25, 0.3) is 0 Å². The number of aryl methyl sites for hydroxylation is 1. The minimum atomic E-state index is -0.124. The predicted octanol–water partition coefficient (Wildman–Crippen LogP) is 2.15. The molecule has 0 saturated carbocycles. The molecule has 3 nitrogen and oxygen atoms in total. The zero-order valence-corrected chi connectivity index (χ0v) is 7.18. The lowest BCUT2D eigenvalue weighted by molar-refractivity contribution is 0.445. The second-order valence-electron chi connectivity index (χ2n) is 2.21. The molecule has 1 unspecified atom stereocenters. The Bertz CT molecular complexity index is 288. The quantitative estimate of drug-likeness (QED) is 0.501. The lowest BCUT2D eigenvalue weighted by atomic mass is 10.4. The van der Waals surface area contributed by atoms with Crippen molar-refractivity contribution in [1.29, 1.82) is 0 Å². The van der Waals surface area contributed by atoms with Crippen LogP contribution in [0, 0.1) is 6.92 Å². The van der Waals surface area contributed by atoms with Gasteiger partial charge in [-0.05, 0) is 26.1 Å². The largest absolute Gasteiger partial charge is 0.444 e. The van der Waals surface area contributed by atoms with Crippen molar-refractivity contribution >= 4 is 17.4 Å². The van der Waals surface area contributed by atoms with Gasteiger partial charge in [0, 0.05) is 0 Å². The fourth-order valence-corrected chi connectivity index (χ4v) is 0.858. The molecule has 0 radical (unpaired) electrons. The fourth-order valence-electron chi connectivity index (χ4n) is 0.700. The highest BCUT2D eigenvalue weighted by molar-refractivity contribution is 7.78. The first-order valence-corrected chi connectivity index (χ1v) is 3.64. The van der Waals surface area contributed by atoms with Crippen molar-refractivity contribution < 1.29 is 4.42 Å². The number of isothiocyanates is 1. The highest BCUT2D eigenvalue weighted by Crippen LogP contribution is 2.14. The minimum Gasteiger partial charge on any atom is -0.444 e. The van der Waals surface area contributed by atoms with Crippen molar-refractivity contribution in [3.8, 4) is 0 Å². The standard InChI is InChI=1S/C7H8N2OS/c1-5-3-8-7(10-5)6(2)9-4-11/h3,6H,1-2H3. The van der Waals surface area contributed by atoms with Gasteiger partial charge in [0.2, 0.25) is 5.89 Å². The number of hydrogen-bond donors (Lipinski definition) is 0. The first-order valence-electron chi connectivity index (χ1n) is 3.23. The van der Waals surface area contributed by atoms with Crippen LogP contribution in [-0.4, -0.2) is 10.1 Å². The van der Waals surface area contributed by atoms with E-state index in [4.69, 9.17) is 4.42 Å². The van der Waals surface area contributed by atoms with Crippen LogP contribution in [0.25, 0.3) is 0 Å². The zero-order valence-electron chi connectivity index (χ0n) is 6.37. The molecule has 0 bridgehead atoms. The lowest BCUT2D eigenvalue weighted by Crippen LogP contribution is -1.87. The number of nitrogens with zero attached hydrogens (tertiary/aromatic N) is 2. The third-order valence-corrected chi connectivity index (χ3v) is 1.35. The molecule has 1 aromatic heterocycles. The van der Waals surface area contributed by atoms with Gasteiger partial charge in [-0.1, -0.05) is 0 Å². The van der Waals surface area contributed by atoms with Crippen LogP contribution >= 0.6 is 12.2 Å². The summed E-state index contributed by atoms with van der Waals surface area (Å²) in [6.07, 6.45) is 1.66. The first-order chi connectivity index (χ1) is 5.24. The van der Waals surface area contributed by atoms with Crippen LogP contribution in [0.15, 0.2) is 15.6 Å². The first kappa shape index (κ1) is 8.11. The Morgan fingerprint density at radius 2 is 2.55 bits per heavy atom. The van der Waals surface area contributed by atoms with E-state index in [-0.39, 0.29) is 6.04 Å². The molecule has 1 rings (SSSR count). The Hall–Kier alpha value is -0.990. The van der Waals surface area contributed by atoms with Crippen LogP contribution in [0.3, 0.4) is 0 Å². The summed E-state index contributed by atoms with van der Waals surface area (Å²) >= 11 is 4.45. The summed E-state index contributed by atoms with van der Waals surface area (Å²) in [7, 11) is 0. The maximum Gasteiger partial charge on any atom is 0.219 e. The van der Waals surface area contributed by atoms with Crippen molar-refractivity contribution in [1.82, 2.24) is 4.98 Å². The highest BCUT2D eigenvalue weighted by atomic mass is 32.1. The summed E-state index contributed by atoms with van der Waals surface area (Å²) in [5.41, 5.74) is 0. The van der Waals surface area contributed by atoms with E-state index in [9.17, 15) is 0 Å². The summed E-state index contributed by atoms with van der Waals surface area (Å²) in [4.78, 5) is 7.80. The fraction of sp³-hybridized carbons (Fsp3) is 0.429. The summed E-state index contributed by atoms with van der Waals surface area (Å²) in [5, 5.41) is 2.28. The summed E-state index contributed by atoms with van der Waals surface area (Å²) in [6.45, 7) is 3.69. The molecule has 1 heterocycles. The van der Waals surface area contributed by atoms with Crippen molar-refractivity contribution in [2.45, 2.75) is 19.9 Å². The Balaban J connectivity index is 2.84. The van der Waals surface area contributed by atoms with Crippen molar-refractivity contribution in [2.75, 3.05) is 0 Å². The van der Waals surface area contributed by atoms with E-state index in [1.807, 2.05) is 13.8 Å². The van der Waals surface area contributed by atoms with Crippen LogP contribution in [0.1, 0.15) is 24.6 Å². The van der Waals surface area contributed by atoms with Crippen LogP contribution in [0.2, 0.25) is 0 Å².